The highest BCUT2D eigenvalue weighted by atomic mass is 32.2. The molecular weight excluding hydrogens is 428 g/mol. The van der Waals surface area contributed by atoms with Crippen LogP contribution < -0.4 is 10.5 Å². The summed E-state index contributed by atoms with van der Waals surface area (Å²) in [4.78, 5) is 12.6. The van der Waals surface area contributed by atoms with Crippen LogP contribution in [0.4, 0.5) is 5.69 Å². The van der Waals surface area contributed by atoms with Crippen molar-refractivity contribution in [3.63, 3.8) is 0 Å². The Labute approximate surface area is 185 Å². The van der Waals surface area contributed by atoms with Crippen molar-refractivity contribution in [3.05, 3.63) is 89.5 Å². The number of hydrogen-bond donors (Lipinski definition) is 2. The van der Waals surface area contributed by atoms with Gasteiger partial charge in [0.2, 0.25) is 21.8 Å². The van der Waals surface area contributed by atoms with E-state index in [1.165, 1.54) is 0 Å². The SMILES string of the molecule is Cc1ccccc1-c1nnc(-c2ccc(C(=O)Nc3cccc(CS(N)(=O)=O)c3)cc2)o1. The van der Waals surface area contributed by atoms with Crippen molar-refractivity contribution in [2.24, 2.45) is 5.14 Å². The van der Waals surface area contributed by atoms with E-state index in [0.717, 1.165) is 11.1 Å². The Kier molecular flexibility index (Phi) is 5.85. The van der Waals surface area contributed by atoms with Gasteiger partial charge in [0.1, 0.15) is 0 Å². The van der Waals surface area contributed by atoms with Gasteiger partial charge in [0.15, 0.2) is 0 Å². The summed E-state index contributed by atoms with van der Waals surface area (Å²) in [6, 6.07) is 21.0. The Balaban J connectivity index is 1.48. The van der Waals surface area contributed by atoms with Crippen molar-refractivity contribution < 1.29 is 17.6 Å². The number of benzene rings is 3. The molecule has 0 aliphatic heterocycles. The molecule has 0 aliphatic rings. The number of aromatic nitrogens is 2. The van der Waals surface area contributed by atoms with E-state index in [2.05, 4.69) is 15.5 Å². The van der Waals surface area contributed by atoms with E-state index in [1.807, 2.05) is 31.2 Å². The van der Waals surface area contributed by atoms with Gasteiger partial charge in [-0.05, 0) is 60.5 Å². The first-order chi connectivity index (χ1) is 15.3. The minimum Gasteiger partial charge on any atom is -0.416 e. The van der Waals surface area contributed by atoms with Crippen LogP contribution in [-0.4, -0.2) is 24.5 Å². The number of carbonyl (C=O) groups is 1. The molecular formula is C23H20N4O4S. The molecule has 1 heterocycles. The lowest BCUT2D eigenvalue weighted by Gasteiger charge is -2.07. The van der Waals surface area contributed by atoms with Crippen LogP contribution in [0.25, 0.3) is 22.9 Å². The molecule has 32 heavy (non-hydrogen) atoms. The Morgan fingerprint density at radius 2 is 1.69 bits per heavy atom. The minimum absolute atomic E-state index is 0.305. The van der Waals surface area contributed by atoms with Crippen molar-refractivity contribution in [2.45, 2.75) is 12.7 Å². The maximum Gasteiger partial charge on any atom is 0.255 e. The minimum atomic E-state index is -3.66. The molecule has 0 saturated heterocycles. The number of anilines is 1. The molecule has 1 aromatic heterocycles. The number of primary sulfonamides is 1. The van der Waals surface area contributed by atoms with Crippen LogP contribution in [-0.2, 0) is 15.8 Å². The molecule has 162 valence electrons. The lowest BCUT2D eigenvalue weighted by molar-refractivity contribution is 0.102. The van der Waals surface area contributed by atoms with Crippen LogP contribution in [0.3, 0.4) is 0 Å². The third-order valence-electron chi connectivity index (χ3n) is 4.75. The zero-order valence-corrected chi connectivity index (χ0v) is 18.0. The van der Waals surface area contributed by atoms with Crippen LogP contribution in [0.15, 0.2) is 77.2 Å². The van der Waals surface area contributed by atoms with E-state index >= 15 is 0 Å². The Morgan fingerprint density at radius 1 is 0.969 bits per heavy atom. The van der Waals surface area contributed by atoms with E-state index < -0.39 is 10.0 Å². The predicted molar refractivity (Wildman–Crippen MR) is 121 cm³/mol. The van der Waals surface area contributed by atoms with Gasteiger partial charge in [-0.2, -0.15) is 0 Å². The largest absolute Gasteiger partial charge is 0.416 e. The maximum atomic E-state index is 12.6. The second-order valence-electron chi connectivity index (χ2n) is 7.27. The fourth-order valence-corrected chi connectivity index (χ4v) is 3.84. The average molecular weight is 449 g/mol. The summed E-state index contributed by atoms with van der Waals surface area (Å²) < 4.78 is 28.4. The van der Waals surface area contributed by atoms with Gasteiger partial charge in [0.05, 0.1) is 5.75 Å². The lowest BCUT2D eigenvalue weighted by atomic mass is 10.1. The molecule has 0 fully saturated rings. The number of nitrogens with zero attached hydrogens (tertiary/aromatic N) is 2. The molecule has 3 N–H and O–H groups in total. The number of hydrogen-bond acceptors (Lipinski definition) is 6. The van der Waals surface area contributed by atoms with Gasteiger partial charge in [-0.25, -0.2) is 13.6 Å². The molecule has 1 amide bonds. The van der Waals surface area contributed by atoms with Gasteiger partial charge in [-0.1, -0.05) is 30.3 Å². The Bertz CT molecular complexity index is 1380. The second kappa shape index (κ2) is 8.74. The van der Waals surface area contributed by atoms with E-state index in [1.54, 1.807) is 48.5 Å². The van der Waals surface area contributed by atoms with Crippen LogP contribution in [0.1, 0.15) is 21.5 Å². The first-order valence-corrected chi connectivity index (χ1v) is 11.4. The highest BCUT2D eigenvalue weighted by Gasteiger charge is 2.13. The fraction of sp³-hybridized carbons (Fsp3) is 0.0870. The van der Waals surface area contributed by atoms with E-state index in [9.17, 15) is 13.2 Å². The third-order valence-corrected chi connectivity index (χ3v) is 5.48. The summed E-state index contributed by atoms with van der Waals surface area (Å²) >= 11 is 0. The summed E-state index contributed by atoms with van der Waals surface area (Å²) in [5.41, 5.74) is 3.96. The molecule has 4 aromatic rings. The van der Waals surface area contributed by atoms with E-state index in [-0.39, 0.29) is 11.7 Å². The first-order valence-electron chi connectivity index (χ1n) is 9.69. The van der Waals surface area contributed by atoms with Gasteiger partial charge in [-0.15, -0.1) is 10.2 Å². The zero-order chi connectivity index (χ0) is 22.7. The van der Waals surface area contributed by atoms with Gasteiger partial charge in [-0.3, -0.25) is 4.79 Å². The van der Waals surface area contributed by atoms with E-state index in [0.29, 0.717) is 34.2 Å². The van der Waals surface area contributed by atoms with Gasteiger partial charge in [0.25, 0.3) is 5.91 Å². The number of sulfonamides is 1. The summed E-state index contributed by atoms with van der Waals surface area (Å²) in [5.74, 6) is 0.140. The van der Waals surface area contributed by atoms with Crippen molar-refractivity contribution in [1.29, 1.82) is 0 Å². The molecule has 3 aromatic carbocycles. The van der Waals surface area contributed by atoms with Crippen LogP contribution in [0, 0.1) is 6.92 Å². The van der Waals surface area contributed by atoms with Crippen molar-refractivity contribution in [2.75, 3.05) is 5.32 Å². The van der Waals surface area contributed by atoms with Crippen molar-refractivity contribution in [1.82, 2.24) is 10.2 Å². The van der Waals surface area contributed by atoms with Crippen molar-refractivity contribution in [3.8, 4) is 22.9 Å². The standard InChI is InChI=1S/C23H20N4O4S/c1-15-5-2-3-8-20(15)23-27-26-22(31-23)18-11-9-17(10-12-18)21(28)25-19-7-4-6-16(13-19)14-32(24,29)30/h2-13H,14H2,1H3,(H,25,28)(H2,24,29,30). The molecule has 0 aliphatic carbocycles. The van der Waals surface area contributed by atoms with Gasteiger partial charge in [0, 0.05) is 22.4 Å². The Hall–Kier alpha value is -3.82. The molecule has 0 unspecified atom stereocenters. The fourth-order valence-electron chi connectivity index (χ4n) is 3.20. The normalized spacial score (nSPS) is 11.3. The number of aryl methyl sites for hydroxylation is 1. The molecule has 0 saturated carbocycles. The molecule has 8 nitrogen and oxygen atoms in total. The smallest absolute Gasteiger partial charge is 0.255 e. The molecule has 0 radical (unpaired) electrons. The number of rotatable bonds is 6. The van der Waals surface area contributed by atoms with Crippen LogP contribution in [0.2, 0.25) is 0 Å². The third kappa shape index (κ3) is 5.08. The molecule has 9 heteroatoms. The quantitative estimate of drug-likeness (QED) is 0.462. The lowest BCUT2D eigenvalue weighted by Crippen LogP contribution is -2.15. The molecule has 4 rings (SSSR count). The monoisotopic (exact) mass is 448 g/mol. The zero-order valence-electron chi connectivity index (χ0n) is 17.1. The van der Waals surface area contributed by atoms with Crippen LogP contribution >= 0.6 is 0 Å². The number of amides is 1. The number of nitrogens with one attached hydrogen (secondary N) is 1. The summed E-state index contributed by atoms with van der Waals surface area (Å²) in [6.45, 7) is 1.97. The second-order valence-corrected chi connectivity index (χ2v) is 8.88. The summed E-state index contributed by atoms with van der Waals surface area (Å²) in [7, 11) is -3.66. The number of nitrogens with two attached hydrogens (primary N) is 1. The van der Waals surface area contributed by atoms with Crippen molar-refractivity contribution >= 4 is 21.6 Å². The number of carbonyl (C=O) groups excluding carboxylic acids is 1. The summed E-state index contributed by atoms with van der Waals surface area (Å²) in [6.07, 6.45) is 0. The highest BCUT2D eigenvalue weighted by molar-refractivity contribution is 7.88. The van der Waals surface area contributed by atoms with Gasteiger partial charge >= 0.3 is 0 Å². The van der Waals surface area contributed by atoms with Gasteiger partial charge < -0.3 is 9.73 Å². The molecule has 0 spiro atoms. The van der Waals surface area contributed by atoms with Crippen LogP contribution in [0.5, 0.6) is 0 Å². The molecule has 0 bridgehead atoms. The Morgan fingerprint density at radius 3 is 2.41 bits per heavy atom. The first kappa shape index (κ1) is 21.4. The maximum absolute atomic E-state index is 12.6. The predicted octanol–water partition coefficient (Wildman–Crippen LogP) is 3.75. The average Bonchev–Trinajstić information content (AvgIpc) is 3.23. The topological polar surface area (TPSA) is 128 Å². The van der Waals surface area contributed by atoms with E-state index in [4.69, 9.17) is 9.56 Å². The summed E-state index contributed by atoms with van der Waals surface area (Å²) in [5, 5.41) is 16.1. The highest BCUT2D eigenvalue weighted by Crippen LogP contribution is 2.26. The molecule has 0 atom stereocenters.